The minimum atomic E-state index is 0.559. The van der Waals surface area contributed by atoms with Crippen molar-refractivity contribution in [2.45, 2.75) is 46.1 Å². The Labute approximate surface area is 130 Å². The Balaban J connectivity index is 2.59. The fourth-order valence-corrected chi connectivity index (χ4v) is 3.00. The Bertz CT molecular complexity index is 286. The van der Waals surface area contributed by atoms with Gasteiger partial charge in [-0.1, -0.05) is 33.6 Å². The molecule has 0 aliphatic carbocycles. The van der Waals surface area contributed by atoms with Gasteiger partial charge < -0.3 is 15.4 Å². The van der Waals surface area contributed by atoms with Gasteiger partial charge in [-0.15, -0.1) is 0 Å². The molecule has 0 radical (unpaired) electrons. The third-order valence-corrected chi connectivity index (χ3v) is 4.35. The van der Waals surface area contributed by atoms with E-state index in [0.717, 1.165) is 57.7 Å². The smallest absolute Gasteiger partial charge is 0.191 e. The molecular formula is C16H34N4O. The lowest BCUT2D eigenvalue weighted by Gasteiger charge is -2.39. The van der Waals surface area contributed by atoms with Gasteiger partial charge in [0.05, 0.1) is 13.2 Å². The molecule has 21 heavy (non-hydrogen) atoms. The highest BCUT2D eigenvalue weighted by Gasteiger charge is 2.26. The topological polar surface area (TPSA) is 48.9 Å². The molecule has 1 heterocycles. The number of hydrogen-bond donors (Lipinski definition) is 2. The van der Waals surface area contributed by atoms with Crippen molar-refractivity contribution in [1.29, 1.82) is 0 Å². The van der Waals surface area contributed by atoms with Crippen molar-refractivity contribution in [3.8, 4) is 0 Å². The monoisotopic (exact) mass is 298 g/mol. The first-order chi connectivity index (χ1) is 10.3. The molecule has 5 nitrogen and oxygen atoms in total. The summed E-state index contributed by atoms with van der Waals surface area (Å²) in [6.45, 7) is 12.5. The Morgan fingerprint density at radius 3 is 2.33 bits per heavy atom. The second-order valence-electron chi connectivity index (χ2n) is 5.67. The SMILES string of the molecule is CCCNC(=NC)NCC(C(CC)CC)N1CCOCC1. The van der Waals surface area contributed by atoms with Gasteiger partial charge in [-0.2, -0.15) is 0 Å². The quantitative estimate of drug-likeness (QED) is 0.529. The van der Waals surface area contributed by atoms with Crippen LogP contribution in [0.2, 0.25) is 0 Å². The van der Waals surface area contributed by atoms with Gasteiger partial charge in [0.1, 0.15) is 0 Å². The van der Waals surface area contributed by atoms with Crippen LogP contribution < -0.4 is 10.6 Å². The molecule has 124 valence electrons. The first-order valence-electron chi connectivity index (χ1n) is 8.53. The largest absolute Gasteiger partial charge is 0.379 e. The van der Waals surface area contributed by atoms with Crippen molar-refractivity contribution in [1.82, 2.24) is 15.5 Å². The Morgan fingerprint density at radius 2 is 1.81 bits per heavy atom. The zero-order chi connectivity index (χ0) is 15.5. The molecule has 0 spiro atoms. The van der Waals surface area contributed by atoms with E-state index in [1.807, 2.05) is 7.05 Å². The lowest BCUT2D eigenvalue weighted by molar-refractivity contribution is 0.00272. The van der Waals surface area contributed by atoms with Gasteiger partial charge in [-0.25, -0.2) is 0 Å². The maximum atomic E-state index is 5.50. The van der Waals surface area contributed by atoms with Crippen molar-refractivity contribution >= 4 is 5.96 Å². The van der Waals surface area contributed by atoms with Crippen LogP contribution in [0.4, 0.5) is 0 Å². The van der Waals surface area contributed by atoms with Gasteiger partial charge >= 0.3 is 0 Å². The molecule has 1 fully saturated rings. The van der Waals surface area contributed by atoms with Crippen molar-refractivity contribution in [2.24, 2.45) is 10.9 Å². The molecule has 2 N–H and O–H groups in total. The lowest BCUT2D eigenvalue weighted by Crippen LogP contribution is -2.53. The summed E-state index contributed by atoms with van der Waals surface area (Å²) < 4.78 is 5.50. The molecule has 1 aliphatic heterocycles. The maximum Gasteiger partial charge on any atom is 0.191 e. The Morgan fingerprint density at radius 1 is 1.14 bits per heavy atom. The summed E-state index contributed by atoms with van der Waals surface area (Å²) in [4.78, 5) is 6.89. The molecule has 0 saturated carbocycles. The van der Waals surface area contributed by atoms with E-state index >= 15 is 0 Å². The van der Waals surface area contributed by atoms with E-state index in [1.54, 1.807) is 0 Å². The van der Waals surface area contributed by atoms with Gasteiger partial charge in [0.2, 0.25) is 0 Å². The fourth-order valence-electron chi connectivity index (χ4n) is 3.00. The fraction of sp³-hybridized carbons (Fsp3) is 0.938. The minimum absolute atomic E-state index is 0.559. The molecule has 5 heteroatoms. The van der Waals surface area contributed by atoms with Gasteiger partial charge in [0.25, 0.3) is 0 Å². The van der Waals surface area contributed by atoms with Gasteiger partial charge in [-0.3, -0.25) is 9.89 Å². The number of guanidine groups is 1. The van der Waals surface area contributed by atoms with Crippen LogP contribution in [-0.4, -0.2) is 63.3 Å². The number of aliphatic imine (C=N–C) groups is 1. The number of rotatable bonds is 8. The van der Waals surface area contributed by atoms with Gasteiger partial charge in [0, 0.05) is 39.3 Å². The second-order valence-corrected chi connectivity index (χ2v) is 5.67. The number of nitrogens with one attached hydrogen (secondary N) is 2. The summed E-state index contributed by atoms with van der Waals surface area (Å²) in [5.74, 6) is 1.64. The maximum absolute atomic E-state index is 5.50. The van der Waals surface area contributed by atoms with Crippen molar-refractivity contribution < 1.29 is 4.74 Å². The number of hydrogen-bond acceptors (Lipinski definition) is 3. The summed E-state index contributed by atoms with van der Waals surface area (Å²) in [5.41, 5.74) is 0. The Hall–Kier alpha value is -0.810. The number of morpholine rings is 1. The van der Waals surface area contributed by atoms with Crippen LogP contribution >= 0.6 is 0 Å². The average Bonchev–Trinajstić information content (AvgIpc) is 2.54. The highest BCUT2D eigenvalue weighted by Crippen LogP contribution is 2.19. The van der Waals surface area contributed by atoms with Crippen LogP contribution in [-0.2, 0) is 4.74 Å². The van der Waals surface area contributed by atoms with Crippen LogP contribution in [0.3, 0.4) is 0 Å². The molecule has 1 atom stereocenters. The summed E-state index contributed by atoms with van der Waals surface area (Å²) >= 11 is 0. The van der Waals surface area contributed by atoms with E-state index in [2.05, 4.69) is 41.3 Å². The summed E-state index contributed by atoms with van der Waals surface area (Å²) in [5, 5.41) is 6.86. The third kappa shape index (κ3) is 6.22. The van der Waals surface area contributed by atoms with Crippen molar-refractivity contribution in [2.75, 3.05) is 46.4 Å². The molecule has 1 saturated heterocycles. The summed E-state index contributed by atoms with van der Waals surface area (Å²) in [7, 11) is 1.84. The Kier molecular flexibility index (Phi) is 9.42. The van der Waals surface area contributed by atoms with Crippen LogP contribution in [0.15, 0.2) is 4.99 Å². The lowest BCUT2D eigenvalue weighted by atomic mass is 9.92. The molecule has 0 bridgehead atoms. The molecule has 0 aromatic heterocycles. The highest BCUT2D eigenvalue weighted by molar-refractivity contribution is 5.79. The normalized spacial score (nSPS) is 18.8. The number of nitrogens with zero attached hydrogens (tertiary/aromatic N) is 2. The van der Waals surface area contributed by atoms with E-state index in [1.165, 1.54) is 12.8 Å². The van der Waals surface area contributed by atoms with E-state index in [0.29, 0.717) is 6.04 Å². The van der Waals surface area contributed by atoms with Crippen LogP contribution in [0.5, 0.6) is 0 Å². The molecule has 1 rings (SSSR count). The minimum Gasteiger partial charge on any atom is -0.379 e. The first-order valence-corrected chi connectivity index (χ1v) is 8.53. The van der Waals surface area contributed by atoms with Crippen molar-refractivity contribution in [3.05, 3.63) is 0 Å². The van der Waals surface area contributed by atoms with Crippen molar-refractivity contribution in [3.63, 3.8) is 0 Å². The number of ether oxygens (including phenoxy) is 1. The van der Waals surface area contributed by atoms with E-state index in [9.17, 15) is 0 Å². The van der Waals surface area contributed by atoms with E-state index < -0.39 is 0 Å². The predicted octanol–water partition coefficient (Wildman–Crippen LogP) is 1.70. The van der Waals surface area contributed by atoms with E-state index in [4.69, 9.17) is 4.74 Å². The highest BCUT2D eigenvalue weighted by atomic mass is 16.5. The standard InChI is InChI=1S/C16H34N4O/c1-5-8-18-16(17-4)19-13-15(14(6-2)7-3)20-9-11-21-12-10-20/h14-15H,5-13H2,1-4H3,(H2,17,18,19). The second kappa shape index (κ2) is 10.9. The summed E-state index contributed by atoms with van der Waals surface area (Å²) in [6, 6.07) is 0.559. The third-order valence-electron chi connectivity index (χ3n) is 4.35. The molecule has 1 aliphatic rings. The first kappa shape index (κ1) is 18.2. The van der Waals surface area contributed by atoms with E-state index in [-0.39, 0.29) is 0 Å². The van der Waals surface area contributed by atoms with Gasteiger partial charge in [-0.05, 0) is 12.3 Å². The molecular weight excluding hydrogens is 264 g/mol. The van der Waals surface area contributed by atoms with Crippen LogP contribution in [0, 0.1) is 5.92 Å². The zero-order valence-corrected chi connectivity index (χ0v) is 14.3. The van der Waals surface area contributed by atoms with Gasteiger partial charge in [0.15, 0.2) is 5.96 Å². The molecule has 0 amide bonds. The predicted molar refractivity (Wildman–Crippen MR) is 89.9 cm³/mol. The average molecular weight is 298 g/mol. The molecule has 0 aromatic rings. The molecule has 1 unspecified atom stereocenters. The van der Waals surface area contributed by atoms with Crippen LogP contribution in [0.25, 0.3) is 0 Å². The zero-order valence-electron chi connectivity index (χ0n) is 14.3. The van der Waals surface area contributed by atoms with Crippen LogP contribution in [0.1, 0.15) is 40.0 Å². The molecule has 0 aromatic carbocycles. The summed E-state index contributed by atoms with van der Waals surface area (Å²) in [6.07, 6.45) is 3.56.